The summed E-state index contributed by atoms with van der Waals surface area (Å²) in [7, 11) is 1.79. The standard InChI is InChI=1S/C11H22N2O/c1-14-9-11(8-12,10-4-5-10)13-6-2-3-7-13/h10H,2-9,12H2,1H3. The van der Waals surface area contributed by atoms with Crippen LogP contribution in [0.2, 0.25) is 0 Å². The smallest absolute Gasteiger partial charge is 0.0661 e. The molecule has 82 valence electrons. The van der Waals surface area contributed by atoms with Gasteiger partial charge in [0.15, 0.2) is 0 Å². The van der Waals surface area contributed by atoms with Crippen molar-refractivity contribution in [3.8, 4) is 0 Å². The van der Waals surface area contributed by atoms with Crippen molar-refractivity contribution in [3.63, 3.8) is 0 Å². The molecule has 1 aliphatic carbocycles. The van der Waals surface area contributed by atoms with E-state index in [1.165, 1.54) is 38.8 Å². The third kappa shape index (κ3) is 1.69. The Balaban J connectivity index is 2.08. The third-order valence-electron chi connectivity index (χ3n) is 3.82. The average Bonchev–Trinajstić information content (AvgIpc) is 2.91. The first-order valence-corrected chi connectivity index (χ1v) is 5.77. The van der Waals surface area contributed by atoms with Crippen LogP contribution < -0.4 is 5.73 Å². The van der Waals surface area contributed by atoms with Crippen molar-refractivity contribution in [2.75, 3.05) is 33.4 Å². The molecule has 2 fully saturated rings. The highest BCUT2D eigenvalue weighted by molar-refractivity contribution is 5.04. The lowest BCUT2D eigenvalue weighted by atomic mass is 9.92. The Bertz CT molecular complexity index is 188. The van der Waals surface area contributed by atoms with E-state index in [1.54, 1.807) is 7.11 Å². The number of rotatable bonds is 5. The predicted molar refractivity (Wildman–Crippen MR) is 57.2 cm³/mol. The van der Waals surface area contributed by atoms with Gasteiger partial charge in [-0.05, 0) is 44.7 Å². The van der Waals surface area contributed by atoms with Gasteiger partial charge in [0.25, 0.3) is 0 Å². The van der Waals surface area contributed by atoms with Crippen molar-refractivity contribution in [1.82, 2.24) is 4.90 Å². The van der Waals surface area contributed by atoms with Crippen molar-refractivity contribution in [1.29, 1.82) is 0 Å². The molecule has 14 heavy (non-hydrogen) atoms. The van der Waals surface area contributed by atoms with Crippen LogP contribution in [0.1, 0.15) is 25.7 Å². The summed E-state index contributed by atoms with van der Waals surface area (Å²) in [6.45, 7) is 4.01. The molecule has 1 atom stereocenters. The molecule has 3 heteroatoms. The monoisotopic (exact) mass is 198 g/mol. The first-order chi connectivity index (χ1) is 6.83. The first kappa shape index (κ1) is 10.4. The van der Waals surface area contributed by atoms with E-state index < -0.39 is 0 Å². The molecule has 2 N–H and O–H groups in total. The fraction of sp³-hybridized carbons (Fsp3) is 1.00. The number of nitrogens with two attached hydrogens (primary N) is 1. The molecule has 2 rings (SSSR count). The van der Waals surface area contributed by atoms with Crippen molar-refractivity contribution in [2.24, 2.45) is 11.7 Å². The van der Waals surface area contributed by atoms with Crippen LogP contribution in [0, 0.1) is 5.92 Å². The van der Waals surface area contributed by atoms with Gasteiger partial charge < -0.3 is 10.5 Å². The van der Waals surface area contributed by atoms with Crippen molar-refractivity contribution in [2.45, 2.75) is 31.2 Å². The summed E-state index contributed by atoms with van der Waals surface area (Å²) in [4.78, 5) is 2.58. The van der Waals surface area contributed by atoms with Gasteiger partial charge in [0, 0.05) is 13.7 Å². The predicted octanol–water partition coefficient (Wildman–Crippen LogP) is 0.836. The van der Waals surface area contributed by atoms with E-state index in [-0.39, 0.29) is 5.54 Å². The van der Waals surface area contributed by atoms with Crippen molar-refractivity contribution >= 4 is 0 Å². The molecule has 3 nitrogen and oxygen atoms in total. The molecule has 1 heterocycles. The second kappa shape index (κ2) is 4.17. The van der Waals surface area contributed by atoms with Crippen LogP contribution in [-0.4, -0.2) is 43.8 Å². The number of likely N-dealkylation sites (tertiary alicyclic amines) is 1. The van der Waals surface area contributed by atoms with Crippen LogP contribution in [0.5, 0.6) is 0 Å². The van der Waals surface area contributed by atoms with Gasteiger partial charge in [-0.1, -0.05) is 0 Å². The number of hydrogen-bond acceptors (Lipinski definition) is 3. The Morgan fingerprint density at radius 2 is 2.00 bits per heavy atom. The number of hydrogen-bond donors (Lipinski definition) is 1. The Labute approximate surface area is 86.6 Å². The third-order valence-corrected chi connectivity index (χ3v) is 3.82. The lowest BCUT2D eigenvalue weighted by Gasteiger charge is -2.41. The van der Waals surface area contributed by atoms with E-state index >= 15 is 0 Å². The maximum atomic E-state index is 5.99. The Hall–Kier alpha value is -0.120. The average molecular weight is 198 g/mol. The van der Waals surface area contributed by atoms with Crippen LogP contribution in [0.3, 0.4) is 0 Å². The zero-order chi connectivity index (χ0) is 10.0. The topological polar surface area (TPSA) is 38.5 Å². The second-order valence-electron chi connectivity index (χ2n) is 4.71. The number of methoxy groups -OCH3 is 1. The summed E-state index contributed by atoms with van der Waals surface area (Å²) in [5.41, 5.74) is 6.16. The van der Waals surface area contributed by atoms with E-state index in [9.17, 15) is 0 Å². The minimum atomic E-state index is 0.172. The first-order valence-electron chi connectivity index (χ1n) is 5.77. The van der Waals surface area contributed by atoms with E-state index in [0.717, 1.165) is 19.1 Å². The zero-order valence-electron chi connectivity index (χ0n) is 9.17. The highest BCUT2D eigenvalue weighted by Gasteiger charge is 2.48. The molecule has 1 aliphatic heterocycles. The van der Waals surface area contributed by atoms with Gasteiger partial charge in [-0.25, -0.2) is 0 Å². The van der Waals surface area contributed by atoms with E-state index in [2.05, 4.69) is 4.90 Å². The molecule has 0 spiro atoms. The second-order valence-corrected chi connectivity index (χ2v) is 4.71. The van der Waals surface area contributed by atoms with Gasteiger partial charge in [-0.15, -0.1) is 0 Å². The molecular weight excluding hydrogens is 176 g/mol. The van der Waals surface area contributed by atoms with Gasteiger partial charge in [0.2, 0.25) is 0 Å². The normalized spacial score (nSPS) is 27.9. The van der Waals surface area contributed by atoms with Gasteiger partial charge in [-0.2, -0.15) is 0 Å². The fourth-order valence-corrected chi connectivity index (χ4v) is 2.86. The van der Waals surface area contributed by atoms with Crippen LogP contribution in [0.4, 0.5) is 0 Å². The SMILES string of the molecule is COCC(CN)(C1CC1)N1CCCC1. The van der Waals surface area contributed by atoms with E-state index in [1.807, 2.05) is 0 Å². The molecule has 0 amide bonds. The molecule has 2 aliphatic rings. The van der Waals surface area contributed by atoms with Crippen LogP contribution >= 0.6 is 0 Å². The fourth-order valence-electron chi connectivity index (χ4n) is 2.86. The van der Waals surface area contributed by atoms with Gasteiger partial charge >= 0.3 is 0 Å². The largest absolute Gasteiger partial charge is 0.383 e. The molecule has 1 saturated heterocycles. The lowest BCUT2D eigenvalue weighted by Crippen LogP contribution is -2.57. The summed E-state index contributed by atoms with van der Waals surface area (Å²) >= 11 is 0. The number of ether oxygens (including phenoxy) is 1. The lowest BCUT2D eigenvalue weighted by molar-refractivity contribution is 0.0135. The molecule has 1 unspecified atom stereocenters. The highest BCUT2D eigenvalue weighted by atomic mass is 16.5. The van der Waals surface area contributed by atoms with Crippen LogP contribution in [0.15, 0.2) is 0 Å². The highest BCUT2D eigenvalue weighted by Crippen LogP contribution is 2.44. The van der Waals surface area contributed by atoms with Crippen LogP contribution in [-0.2, 0) is 4.74 Å². The zero-order valence-corrected chi connectivity index (χ0v) is 9.17. The molecular formula is C11H22N2O. The summed E-state index contributed by atoms with van der Waals surface area (Å²) < 4.78 is 5.39. The van der Waals surface area contributed by atoms with E-state index in [0.29, 0.717) is 0 Å². The minimum Gasteiger partial charge on any atom is -0.383 e. The summed E-state index contributed by atoms with van der Waals surface area (Å²) in [5, 5.41) is 0. The Kier molecular flexibility index (Phi) is 3.10. The summed E-state index contributed by atoms with van der Waals surface area (Å²) in [5.74, 6) is 0.797. The van der Waals surface area contributed by atoms with Crippen molar-refractivity contribution in [3.05, 3.63) is 0 Å². The van der Waals surface area contributed by atoms with Gasteiger partial charge in [0.05, 0.1) is 12.1 Å². The molecule has 0 bridgehead atoms. The molecule has 1 saturated carbocycles. The maximum absolute atomic E-state index is 5.99. The molecule has 0 aromatic heterocycles. The summed E-state index contributed by atoms with van der Waals surface area (Å²) in [6, 6.07) is 0. The van der Waals surface area contributed by atoms with Gasteiger partial charge in [0.1, 0.15) is 0 Å². The number of nitrogens with zero attached hydrogens (tertiary/aromatic N) is 1. The maximum Gasteiger partial charge on any atom is 0.0661 e. The molecule has 0 aromatic carbocycles. The van der Waals surface area contributed by atoms with Crippen LogP contribution in [0.25, 0.3) is 0 Å². The summed E-state index contributed by atoms with van der Waals surface area (Å²) in [6.07, 6.45) is 5.35. The minimum absolute atomic E-state index is 0.172. The molecule has 0 aromatic rings. The van der Waals surface area contributed by atoms with Crippen molar-refractivity contribution < 1.29 is 4.74 Å². The Morgan fingerprint density at radius 3 is 2.43 bits per heavy atom. The molecule has 0 radical (unpaired) electrons. The quantitative estimate of drug-likeness (QED) is 0.711. The van der Waals surface area contributed by atoms with Gasteiger partial charge in [-0.3, -0.25) is 4.90 Å². The Morgan fingerprint density at radius 1 is 1.36 bits per heavy atom. The van der Waals surface area contributed by atoms with E-state index in [4.69, 9.17) is 10.5 Å².